The van der Waals surface area contributed by atoms with Crippen molar-refractivity contribution in [3.63, 3.8) is 0 Å². The van der Waals surface area contributed by atoms with E-state index in [4.69, 9.17) is 9.47 Å². The molecule has 0 aliphatic rings. The Morgan fingerprint density at radius 1 is 0.773 bits per heavy atom. The molecule has 6 heteroatoms. The van der Waals surface area contributed by atoms with E-state index in [-0.39, 0.29) is 18.1 Å². The average Bonchev–Trinajstić information content (AvgIpc) is 2.33. The molecule has 0 aromatic rings. The maximum atomic E-state index is 12.3. The highest BCUT2D eigenvalue weighted by atomic mass is 16.5. The summed E-state index contributed by atoms with van der Waals surface area (Å²) in [5.74, 6) is -1.05. The monoisotopic (exact) mass is 314 g/mol. The summed E-state index contributed by atoms with van der Waals surface area (Å²) in [6, 6.07) is 0. The first-order valence-corrected chi connectivity index (χ1v) is 7.69. The summed E-state index contributed by atoms with van der Waals surface area (Å²) in [5, 5.41) is 8.24. The van der Waals surface area contributed by atoms with Crippen LogP contribution in [0.15, 0.2) is 10.2 Å². The van der Waals surface area contributed by atoms with Crippen molar-refractivity contribution in [2.75, 3.05) is 0 Å². The number of hydrogen-bond acceptors (Lipinski definition) is 6. The Kier molecular flexibility index (Phi) is 7.19. The minimum atomic E-state index is -1.15. The van der Waals surface area contributed by atoms with Gasteiger partial charge < -0.3 is 9.47 Å². The van der Waals surface area contributed by atoms with Crippen LogP contribution in [0.2, 0.25) is 0 Å². The molecule has 22 heavy (non-hydrogen) atoms. The number of azo groups is 1. The van der Waals surface area contributed by atoms with Crippen molar-refractivity contribution >= 4 is 11.9 Å². The van der Waals surface area contributed by atoms with Gasteiger partial charge in [-0.05, 0) is 54.4 Å². The van der Waals surface area contributed by atoms with Gasteiger partial charge in [-0.2, -0.15) is 10.2 Å². The molecule has 0 aliphatic carbocycles. The summed E-state index contributed by atoms with van der Waals surface area (Å²) in [5.41, 5.74) is -2.29. The smallest absolute Gasteiger partial charge is 0.336 e. The number of ether oxygens (including phenoxy) is 2. The Morgan fingerprint density at radius 2 is 1.18 bits per heavy atom. The normalized spacial score (nSPS) is 15.5. The first kappa shape index (κ1) is 20.5. The zero-order valence-electron chi connectivity index (χ0n) is 15.3. The summed E-state index contributed by atoms with van der Waals surface area (Å²) in [6.45, 7) is 15.7. The highest BCUT2D eigenvalue weighted by Crippen LogP contribution is 2.26. The Balaban J connectivity index is 5.32. The molecule has 128 valence electrons. The minimum absolute atomic E-state index is 0.126. The zero-order valence-corrected chi connectivity index (χ0v) is 15.3. The maximum absolute atomic E-state index is 12.3. The first-order valence-electron chi connectivity index (χ1n) is 7.69. The number of carbonyl (C=O) groups is 2. The Morgan fingerprint density at radius 3 is 1.55 bits per heavy atom. The maximum Gasteiger partial charge on any atom is 0.336 e. The molecule has 0 fully saturated rings. The van der Waals surface area contributed by atoms with Gasteiger partial charge in [-0.25, -0.2) is 9.59 Å². The van der Waals surface area contributed by atoms with Crippen LogP contribution >= 0.6 is 0 Å². The quantitative estimate of drug-likeness (QED) is 0.532. The lowest BCUT2D eigenvalue weighted by Crippen LogP contribution is -2.42. The lowest BCUT2D eigenvalue weighted by atomic mass is 9.89. The fourth-order valence-corrected chi connectivity index (χ4v) is 1.35. The Bertz CT molecular complexity index is 428. The number of rotatable bonds is 7. The molecular formula is C16H30N2O4. The van der Waals surface area contributed by atoms with E-state index in [2.05, 4.69) is 10.2 Å². The van der Waals surface area contributed by atoms with Crippen LogP contribution in [0, 0.1) is 5.92 Å². The molecule has 0 N–H and O–H groups in total. The highest BCUT2D eigenvalue weighted by Gasteiger charge is 2.41. The van der Waals surface area contributed by atoms with Crippen molar-refractivity contribution in [3.05, 3.63) is 0 Å². The minimum Gasteiger partial charge on any atom is -0.461 e. The number of carbonyl (C=O) groups excluding carboxylic acids is 2. The molecule has 0 saturated heterocycles. The van der Waals surface area contributed by atoms with Gasteiger partial charge in [-0.1, -0.05) is 13.8 Å². The van der Waals surface area contributed by atoms with Gasteiger partial charge in [-0.15, -0.1) is 0 Å². The van der Waals surface area contributed by atoms with E-state index >= 15 is 0 Å². The van der Waals surface area contributed by atoms with E-state index in [0.29, 0.717) is 0 Å². The van der Waals surface area contributed by atoms with Crippen LogP contribution in [0.3, 0.4) is 0 Å². The summed E-state index contributed by atoms with van der Waals surface area (Å²) in [6.07, 6.45) is -0.468. The van der Waals surface area contributed by atoms with E-state index in [1.165, 1.54) is 0 Å². The molecule has 0 aliphatic heterocycles. The largest absolute Gasteiger partial charge is 0.461 e. The van der Waals surface area contributed by atoms with Crippen molar-refractivity contribution < 1.29 is 19.1 Å². The molecule has 1 atom stereocenters. The summed E-state index contributed by atoms with van der Waals surface area (Å²) in [4.78, 5) is 24.3. The number of nitrogens with zero attached hydrogens (tertiary/aromatic N) is 2. The van der Waals surface area contributed by atoms with Crippen molar-refractivity contribution in [1.82, 2.24) is 0 Å². The molecule has 0 aromatic heterocycles. The van der Waals surface area contributed by atoms with Crippen molar-refractivity contribution in [2.24, 2.45) is 16.1 Å². The van der Waals surface area contributed by atoms with Gasteiger partial charge in [-0.3, -0.25) is 0 Å². The predicted molar refractivity (Wildman–Crippen MR) is 84.6 cm³/mol. The van der Waals surface area contributed by atoms with Gasteiger partial charge in [0.1, 0.15) is 0 Å². The molecule has 0 amide bonds. The second-order valence-electron chi connectivity index (χ2n) is 6.97. The third kappa shape index (κ3) is 5.73. The standard InChI is InChI=1S/C16H30N2O4/c1-10(2)16(9,14(20)22-12(5)6)18-17-15(7,8)13(19)21-11(3)4/h10-12H,1-9H3. The third-order valence-corrected chi connectivity index (χ3v) is 3.23. The fraction of sp³-hybridized carbons (Fsp3) is 0.875. The number of esters is 2. The van der Waals surface area contributed by atoms with Crippen molar-refractivity contribution in [1.29, 1.82) is 0 Å². The first-order chi connectivity index (χ1) is 9.82. The molecule has 0 radical (unpaired) electrons. The van der Waals surface area contributed by atoms with Crippen LogP contribution < -0.4 is 0 Å². The summed E-state index contributed by atoms with van der Waals surface area (Å²) < 4.78 is 10.4. The molecule has 0 bridgehead atoms. The SMILES string of the molecule is CC(C)OC(=O)C(C)(C)N=NC(C)(C(=O)OC(C)C)C(C)C. The van der Waals surface area contributed by atoms with Gasteiger partial charge in [0, 0.05) is 0 Å². The Labute approximate surface area is 133 Å². The molecular weight excluding hydrogens is 284 g/mol. The predicted octanol–water partition coefficient (Wildman–Crippen LogP) is 3.54. The average molecular weight is 314 g/mol. The number of hydrogen-bond donors (Lipinski definition) is 0. The molecule has 0 aromatic carbocycles. The van der Waals surface area contributed by atoms with Crippen LogP contribution in [0.25, 0.3) is 0 Å². The lowest BCUT2D eigenvalue weighted by Gasteiger charge is -2.28. The third-order valence-electron chi connectivity index (χ3n) is 3.23. The molecule has 0 spiro atoms. The summed E-state index contributed by atoms with van der Waals surface area (Å²) >= 11 is 0. The fourth-order valence-electron chi connectivity index (χ4n) is 1.35. The van der Waals surface area contributed by atoms with Crippen molar-refractivity contribution in [2.45, 2.75) is 85.6 Å². The second kappa shape index (κ2) is 7.70. The van der Waals surface area contributed by atoms with E-state index in [0.717, 1.165) is 0 Å². The van der Waals surface area contributed by atoms with E-state index < -0.39 is 23.0 Å². The summed E-state index contributed by atoms with van der Waals surface area (Å²) in [7, 11) is 0. The van der Waals surface area contributed by atoms with Crippen LogP contribution in [-0.4, -0.2) is 35.2 Å². The van der Waals surface area contributed by atoms with Crippen LogP contribution in [0.5, 0.6) is 0 Å². The van der Waals surface area contributed by atoms with Crippen LogP contribution in [-0.2, 0) is 19.1 Å². The molecule has 1 unspecified atom stereocenters. The topological polar surface area (TPSA) is 77.3 Å². The zero-order chi connectivity index (χ0) is 17.7. The van der Waals surface area contributed by atoms with Gasteiger partial charge >= 0.3 is 11.9 Å². The van der Waals surface area contributed by atoms with Gasteiger partial charge in [0.05, 0.1) is 12.2 Å². The van der Waals surface area contributed by atoms with E-state index in [1.54, 1.807) is 48.5 Å². The molecule has 6 nitrogen and oxygen atoms in total. The van der Waals surface area contributed by atoms with Gasteiger partial charge in [0.25, 0.3) is 0 Å². The van der Waals surface area contributed by atoms with Crippen molar-refractivity contribution in [3.8, 4) is 0 Å². The van der Waals surface area contributed by atoms with E-state index in [9.17, 15) is 9.59 Å². The molecule has 0 rings (SSSR count). The van der Waals surface area contributed by atoms with Crippen LogP contribution in [0.1, 0.15) is 62.3 Å². The highest BCUT2D eigenvalue weighted by molar-refractivity contribution is 5.82. The van der Waals surface area contributed by atoms with Crippen LogP contribution in [0.4, 0.5) is 0 Å². The molecule has 0 heterocycles. The Hall–Kier alpha value is -1.46. The van der Waals surface area contributed by atoms with Gasteiger partial charge in [0.2, 0.25) is 0 Å². The molecule has 0 saturated carbocycles. The van der Waals surface area contributed by atoms with Gasteiger partial charge in [0.15, 0.2) is 11.1 Å². The second-order valence-corrected chi connectivity index (χ2v) is 6.97. The lowest BCUT2D eigenvalue weighted by molar-refractivity contribution is -0.156. The van der Waals surface area contributed by atoms with E-state index in [1.807, 2.05) is 13.8 Å².